The summed E-state index contributed by atoms with van der Waals surface area (Å²) in [6, 6.07) is 12.1. The molecule has 0 aliphatic carbocycles. The Morgan fingerprint density at radius 1 is 1.15 bits per heavy atom. The van der Waals surface area contributed by atoms with E-state index in [0.717, 1.165) is 5.56 Å². The zero-order valence-electron chi connectivity index (χ0n) is 15.8. The number of carbonyl (C=O) groups excluding carboxylic acids is 1. The Hall–Kier alpha value is -2.74. The number of ether oxygens (including phenoxy) is 2. The normalized spacial score (nSPS) is 12.1. The Kier molecular flexibility index (Phi) is 6.68. The highest BCUT2D eigenvalue weighted by Crippen LogP contribution is 2.29. The van der Waals surface area contributed by atoms with E-state index in [1.165, 1.54) is 13.2 Å². The lowest BCUT2D eigenvalue weighted by Crippen LogP contribution is -2.30. The molecule has 0 spiro atoms. The number of methoxy groups -OCH3 is 1. The third kappa shape index (κ3) is 5.89. The lowest BCUT2D eigenvalue weighted by molar-refractivity contribution is -0.122. The van der Waals surface area contributed by atoms with Crippen LogP contribution >= 0.6 is 0 Å². The second-order valence-electron chi connectivity index (χ2n) is 5.98. The Labute approximate surface area is 159 Å². The summed E-state index contributed by atoms with van der Waals surface area (Å²) in [4.78, 5) is 12.4. The highest BCUT2D eigenvalue weighted by Gasteiger charge is 2.17. The monoisotopic (exact) mass is 392 g/mol. The number of hydrogen-bond donors (Lipinski definition) is 2. The van der Waals surface area contributed by atoms with Gasteiger partial charge in [-0.25, -0.2) is 8.42 Å². The van der Waals surface area contributed by atoms with Gasteiger partial charge in [-0.05, 0) is 45.0 Å². The molecule has 0 fully saturated rings. The van der Waals surface area contributed by atoms with E-state index in [-0.39, 0.29) is 11.7 Å². The second kappa shape index (κ2) is 8.77. The van der Waals surface area contributed by atoms with Crippen molar-refractivity contribution in [2.24, 2.45) is 0 Å². The summed E-state index contributed by atoms with van der Waals surface area (Å²) in [5.41, 5.74) is 1.88. The van der Waals surface area contributed by atoms with Crippen molar-refractivity contribution in [2.75, 3.05) is 22.9 Å². The molecule has 0 heterocycles. The third-order valence-electron chi connectivity index (χ3n) is 3.82. The molecule has 0 aromatic heterocycles. The van der Waals surface area contributed by atoms with Gasteiger partial charge in [-0.2, -0.15) is 0 Å². The smallest absolute Gasteiger partial charge is 0.265 e. The van der Waals surface area contributed by atoms with Crippen LogP contribution in [0.3, 0.4) is 0 Å². The van der Waals surface area contributed by atoms with Crippen LogP contribution in [0.15, 0.2) is 42.5 Å². The number of hydrogen-bond acceptors (Lipinski definition) is 5. The van der Waals surface area contributed by atoms with Gasteiger partial charge in [0.2, 0.25) is 10.0 Å². The van der Waals surface area contributed by atoms with Crippen molar-refractivity contribution in [2.45, 2.75) is 26.9 Å². The molecule has 2 N–H and O–H groups in total. The molecule has 1 amide bonds. The van der Waals surface area contributed by atoms with Crippen molar-refractivity contribution < 1.29 is 22.7 Å². The summed E-state index contributed by atoms with van der Waals surface area (Å²) in [6.07, 6.45) is -0.711. The van der Waals surface area contributed by atoms with Crippen LogP contribution in [-0.4, -0.2) is 33.3 Å². The molecule has 0 saturated heterocycles. The number of anilines is 2. The van der Waals surface area contributed by atoms with Gasteiger partial charge in [-0.15, -0.1) is 0 Å². The first kappa shape index (κ1) is 20.6. The van der Waals surface area contributed by atoms with Gasteiger partial charge in [0.05, 0.1) is 18.6 Å². The number of rotatable bonds is 8. The maximum Gasteiger partial charge on any atom is 0.265 e. The fraction of sp³-hybridized carbons (Fsp3) is 0.316. The second-order valence-corrected chi connectivity index (χ2v) is 7.99. The van der Waals surface area contributed by atoms with Gasteiger partial charge >= 0.3 is 0 Å². The summed E-state index contributed by atoms with van der Waals surface area (Å²) in [5.74, 6) is 0.518. The van der Waals surface area contributed by atoms with Gasteiger partial charge in [-0.1, -0.05) is 17.7 Å². The molecule has 0 aliphatic rings. The minimum Gasteiger partial charge on any atom is -0.494 e. The van der Waals surface area contributed by atoms with E-state index in [2.05, 4.69) is 10.0 Å². The summed E-state index contributed by atoms with van der Waals surface area (Å²) in [6.45, 7) is 5.16. The van der Waals surface area contributed by atoms with Crippen molar-refractivity contribution in [3.05, 3.63) is 48.0 Å². The highest BCUT2D eigenvalue weighted by molar-refractivity contribution is 7.92. The first-order valence-electron chi connectivity index (χ1n) is 8.46. The van der Waals surface area contributed by atoms with Crippen molar-refractivity contribution in [3.63, 3.8) is 0 Å². The molecule has 2 rings (SSSR count). The number of amides is 1. The van der Waals surface area contributed by atoms with E-state index in [4.69, 9.17) is 9.47 Å². The van der Waals surface area contributed by atoms with Gasteiger partial charge in [0.1, 0.15) is 11.5 Å². The van der Waals surface area contributed by atoms with Gasteiger partial charge in [-0.3, -0.25) is 9.52 Å². The van der Waals surface area contributed by atoms with E-state index in [1.807, 2.05) is 19.1 Å². The van der Waals surface area contributed by atoms with Gasteiger partial charge in [0.25, 0.3) is 5.91 Å². The van der Waals surface area contributed by atoms with Crippen molar-refractivity contribution in [3.8, 4) is 11.5 Å². The van der Waals surface area contributed by atoms with Crippen molar-refractivity contribution in [1.29, 1.82) is 0 Å². The molecule has 8 heteroatoms. The zero-order chi connectivity index (χ0) is 20.0. The fourth-order valence-electron chi connectivity index (χ4n) is 2.21. The predicted molar refractivity (Wildman–Crippen MR) is 106 cm³/mol. The molecule has 0 saturated carbocycles. The Morgan fingerprint density at radius 3 is 2.41 bits per heavy atom. The maximum atomic E-state index is 12.4. The van der Waals surface area contributed by atoms with Crippen molar-refractivity contribution in [1.82, 2.24) is 0 Å². The van der Waals surface area contributed by atoms with Crippen LogP contribution in [0.25, 0.3) is 0 Å². The number of aryl methyl sites for hydroxylation is 1. The van der Waals surface area contributed by atoms with Crippen molar-refractivity contribution >= 4 is 27.3 Å². The van der Waals surface area contributed by atoms with E-state index in [1.54, 1.807) is 38.1 Å². The van der Waals surface area contributed by atoms with Crippen LogP contribution in [0, 0.1) is 6.92 Å². The molecule has 27 heavy (non-hydrogen) atoms. The molecule has 0 bridgehead atoms. The van der Waals surface area contributed by atoms with E-state index < -0.39 is 16.1 Å². The summed E-state index contributed by atoms with van der Waals surface area (Å²) in [7, 11) is -2.01. The molecule has 0 radical (unpaired) electrons. The molecule has 2 aromatic carbocycles. The first-order chi connectivity index (χ1) is 12.7. The van der Waals surface area contributed by atoms with Crippen LogP contribution in [0.1, 0.15) is 19.4 Å². The highest BCUT2D eigenvalue weighted by atomic mass is 32.2. The van der Waals surface area contributed by atoms with E-state index >= 15 is 0 Å². The largest absolute Gasteiger partial charge is 0.494 e. The molecule has 146 valence electrons. The van der Waals surface area contributed by atoms with Crippen LogP contribution in [0.2, 0.25) is 0 Å². The SMILES string of the molecule is CCS(=O)(=O)Nc1ccc(NC(=O)C(C)Oc2ccc(C)cc2)cc1OC. The molecule has 2 aromatic rings. The quantitative estimate of drug-likeness (QED) is 0.720. The number of nitrogens with one attached hydrogen (secondary N) is 2. The summed E-state index contributed by atoms with van der Waals surface area (Å²) in [5, 5.41) is 2.73. The Bertz CT molecular complexity index is 895. The number of benzene rings is 2. The lowest BCUT2D eigenvalue weighted by atomic mass is 10.2. The predicted octanol–water partition coefficient (Wildman–Crippen LogP) is 3.17. The van der Waals surface area contributed by atoms with Crippen LogP contribution in [0.4, 0.5) is 11.4 Å². The fourth-order valence-corrected chi connectivity index (χ4v) is 2.86. The minimum atomic E-state index is -3.43. The van der Waals surface area contributed by atoms with E-state index in [0.29, 0.717) is 22.9 Å². The van der Waals surface area contributed by atoms with Gasteiger partial charge in [0.15, 0.2) is 6.10 Å². The minimum absolute atomic E-state index is 0.0531. The number of sulfonamides is 1. The molecular weight excluding hydrogens is 368 g/mol. The molecule has 1 unspecified atom stereocenters. The third-order valence-corrected chi connectivity index (χ3v) is 5.11. The topological polar surface area (TPSA) is 93.7 Å². The van der Waals surface area contributed by atoms with Crippen LogP contribution in [-0.2, 0) is 14.8 Å². The average molecular weight is 392 g/mol. The lowest BCUT2D eigenvalue weighted by Gasteiger charge is -2.16. The summed E-state index contributed by atoms with van der Waals surface area (Å²) >= 11 is 0. The molecule has 0 aliphatic heterocycles. The Balaban J connectivity index is 2.07. The van der Waals surface area contributed by atoms with Gasteiger partial charge in [0, 0.05) is 11.8 Å². The first-order valence-corrected chi connectivity index (χ1v) is 10.1. The van der Waals surface area contributed by atoms with Crippen LogP contribution < -0.4 is 19.5 Å². The van der Waals surface area contributed by atoms with Crippen LogP contribution in [0.5, 0.6) is 11.5 Å². The van der Waals surface area contributed by atoms with Gasteiger partial charge < -0.3 is 14.8 Å². The average Bonchev–Trinajstić information content (AvgIpc) is 2.64. The standard InChI is InChI=1S/C19H24N2O5S/c1-5-27(23,24)21-17-11-8-15(12-18(17)25-4)20-19(22)14(3)26-16-9-6-13(2)7-10-16/h6-12,14,21H,5H2,1-4H3,(H,20,22). The molecular formula is C19H24N2O5S. The Morgan fingerprint density at radius 2 is 1.81 bits per heavy atom. The van der Waals surface area contributed by atoms with E-state index in [9.17, 15) is 13.2 Å². The number of carbonyl (C=O) groups is 1. The molecule has 1 atom stereocenters. The maximum absolute atomic E-state index is 12.4. The molecule has 7 nitrogen and oxygen atoms in total. The zero-order valence-corrected chi connectivity index (χ0v) is 16.6. The summed E-state index contributed by atoms with van der Waals surface area (Å²) < 4.78 is 36.7.